The van der Waals surface area contributed by atoms with Crippen molar-refractivity contribution in [2.24, 2.45) is 5.92 Å². The number of hydrogen-bond donors (Lipinski definition) is 1. The van der Waals surface area contributed by atoms with E-state index < -0.39 is 21.3 Å². The van der Waals surface area contributed by atoms with Crippen molar-refractivity contribution in [3.8, 4) is 0 Å². The standard InChI is InChI=1S/C26H24FNO2S/c27-24-16-18-25(19-17-24)31(29,30)28-20-26(21-10-4-1-5-11-21,22-12-6-2-7-13-22)23-14-8-3-9-15-23/h1-14,16-19,23,28H,15,20H2. The van der Waals surface area contributed by atoms with Crippen molar-refractivity contribution in [3.63, 3.8) is 0 Å². The zero-order valence-electron chi connectivity index (χ0n) is 17.0. The number of halogens is 1. The minimum Gasteiger partial charge on any atom is -0.210 e. The van der Waals surface area contributed by atoms with Gasteiger partial charge in [0, 0.05) is 12.0 Å². The number of nitrogens with one attached hydrogen (secondary N) is 1. The lowest BCUT2D eigenvalue weighted by molar-refractivity contribution is 0.376. The van der Waals surface area contributed by atoms with Gasteiger partial charge in [-0.05, 0) is 47.7 Å². The summed E-state index contributed by atoms with van der Waals surface area (Å²) in [6.07, 6.45) is 9.08. The third kappa shape index (κ3) is 4.38. The number of rotatable bonds is 7. The Balaban J connectivity index is 1.81. The highest BCUT2D eigenvalue weighted by atomic mass is 32.2. The maximum atomic E-state index is 13.3. The van der Waals surface area contributed by atoms with Crippen LogP contribution in [0, 0.1) is 11.7 Å². The molecule has 4 rings (SSSR count). The lowest BCUT2D eigenvalue weighted by Gasteiger charge is -2.41. The normalized spacial score (nSPS) is 16.4. The molecular formula is C26H24FNO2S. The van der Waals surface area contributed by atoms with Gasteiger partial charge in [0.2, 0.25) is 10.0 Å². The van der Waals surface area contributed by atoms with E-state index in [4.69, 9.17) is 0 Å². The largest absolute Gasteiger partial charge is 0.240 e. The lowest BCUT2D eigenvalue weighted by atomic mass is 9.64. The van der Waals surface area contributed by atoms with Crippen LogP contribution in [0.4, 0.5) is 4.39 Å². The van der Waals surface area contributed by atoms with E-state index in [2.05, 4.69) is 16.9 Å². The van der Waals surface area contributed by atoms with Gasteiger partial charge in [-0.15, -0.1) is 0 Å². The molecule has 1 N–H and O–H groups in total. The van der Waals surface area contributed by atoms with E-state index in [0.29, 0.717) is 0 Å². The summed E-state index contributed by atoms with van der Waals surface area (Å²) in [7, 11) is -3.82. The highest BCUT2D eigenvalue weighted by Gasteiger charge is 2.41. The van der Waals surface area contributed by atoms with Crippen LogP contribution >= 0.6 is 0 Å². The average molecular weight is 434 g/mol. The van der Waals surface area contributed by atoms with E-state index in [-0.39, 0.29) is 17.4 Å². The summed E-state index contributed by atoms with van der Waals surface area (Å²) in [5.74, 6) is -0.417. The molecule has 3 aromatic rings. The molecule has 0 amide bonds. The molecule has 0 saturated carbocycles. The Bertz CT molecular complexity index is 1130. The van der Waals surface area contributed by atoms with Crippen LogP contribution in [0.15, 0.2) is 114 Å². The fourth-order valence-corrected chi connectivity index (χ4v) is 5.33. The van der Waals surface area contributed by atoms with Gasteiger partial charge in [0.1, 0.15) is 5.82 Å². The minimum absolute atomic E-state index is 0.0444. The van der Waals surface area contributed by atoms with Gasteiger partial charge in [0.25, 0.3) is 0 Å². The van der Waals surface area contributed by atoms with Gasteiger partial charge in [-0.2, -0.15) is 0 Å². The molecule has 3 aromatic carbocycles. The van der Waals surface area contributed by atoms with Crippen LogP contribution in [0.25, 0.3) is 0 Å². The summed E-state index contributed by atoms with van der Waals surface area (Å²) in [6.45, 7) is 0.170. The summed E-state index contributed by atoms with van der Waals surface area (Å²) in [5.41, 5.74) is 1.46. The molecule has 0 spiro atoms. The Hall–Kier alpha value is -3.02. The Kier molecular flexibility index (Phi) is 6.16. The minimum atomic E-state index is -3.82. The highest BCUT2D eigenvalue weighted by Crippen LogP contribution is 2.42. The molecule has 1 aliphatic carbocycles. The molecule has 0 aliphatic heterocycles. The van der Waals surface area contributed by atoms with Crippen molar-refractivity contribution >= 4 is 10.0 Å². The Morgan fingerprint density at radius 2 is 1.42 bits per heavy atom. The van der Waals surface area contributed by atoms with E-state index in [1.807, 2.05) is 72.8 Å². The fraction of sp³-hybridized carbons (Fsp3) is 0.154. The van der Waals surface area contributed by atoms with E-state index in [1.165, 1.54) is 12.1 Å². The third-order valence-corrected chi connectivity index (χ3v) is 7.27. The van der Waals surface area contributed by atoms with Crippen LogP contribution in [-0.4, -0.2) is 15.0 Å². The highest BCUT2D eigenvalue weighted by molar-refractivity contribution is 7.89. The predicted octanol–water partition coefficient (Wildman–Crippen LogP) is 5.22. The fourth-order valence-electron chi connectivity index (χ4n) is 4.25. The first kappa shape index (κ1) is 21.2. The van der Waals surface area contributed by atoms with Crippen LogP contribution < -0.4 is 4.72 Å². The van der Waals surface area contributed by atoms with Crippen molar-refractivity contribution in [2.75, 3.05) is 6.54 Å². The van der Waals surface area contributed by atoms with Gasteiger partial charge < -0.3 is 0 Å². The summed E-state index contributed by atoms with van der Waals surface area (Å²) in [4.78, 5) is 0.0444. The smallest absolute Gasteiger partial charge is 0.210 e. The molecule has 158 valence electrons. The van der Waals surface area contributed by atoms with Gasteiger partial charge in [-0.25, -0.2) is 17.5 Å². The molecular weight excluding hydrogens is 409 g/mol. The van der Waals surface area contributed by atoms with E-state index in [9.17, 15) is 12.8 Å². The first-order valence-electron chi connectivity index (χ1n) is 10.2. The molecule has 1 atom stereocenters. The van der Waals surface area contributed by atoms with Crippen molar-refractivity contribution in [1.82, 2.24) is 4.72 Å². The molecule has 0 saturated heterocycles. The molecule has 5 heteroatoms. The first-order valence-corrected chi connectivity index (χ1v) is 11.7. The van der Waals surface area contributed by atoms with Gasteiger partial charge in [-0.3, -0.25) is 0 Å². The summed E-state index contributed by atoms with van der Waals surface area (Å²) >= 11 is 0. The van der Waals surface area contributed by atoms with E-state index in [0.717, 1.165) is 29.7 Å². The maximum Gasteiger partial charge on any atom is 0.240 e. The quantitative estimate of drug-likeness (QED) is 0.555. The molecule has 1 aliphatic rings. The second-order valence-electron chi connectivity index (χ2n) is 7.64. The van der Waals surface area contributed by atoms with Crippen LogP contribution in [0.5, 0.6) is 0 Å². The van der Waals surface area contributed by atoms with Crippen molar-refractivity contribution < 1.29 is 12.8 Å². The Morgan fingerprint density at radius 3 is 1.94 bits per heavy atom. The topological polar surface area (TPSA) is 46.2 Å². The maximum absolute atomic E-state index is 13.3. The first-order chi connectivity index (χ1) is 15.0. The number of benzene rings is 3. The number of allylic oxidation sites excluding steroid dienone is 4. The zero-order valence-corrected chi connectivity index (χ0v) is 17.8. The molecule has 0 radical (unpaired) electrons. The molecule has 0 aromatic heterocycles. The van der Waals surface area contributed by atoms with Crippen LogP contribution in [-0.2, 0) is 15.4 Å². The summed E-state index contributed by atoms with van der Waals surface area (Å²) in [5, 5.41) is 0. The van der Waals surface area contributed by atoms with Gasteiger partial charge in [-0.1, -0.05) is 85.0 Å². The van der Waals surface area contributed by atoms with Crippen LogP contribution in [0.2, 0.25) is 0 Å². The molecule has 0 bridgehead atoms. The molecule has 31 heavy (non-hydrogen) atoms. The van der Waals surface area contributed by atoms with Crippen molar-refractivity contribution in [3.05, 3.63) is 126 Å². The van der Waals surface area contributed by atoms with Gasteiger partial charge >= 0.3 is 0 Å². The molecule has 0 heterocycles. The van der Waals surface area contributed by atoms with E-state index >= 15 is 0 Å². The summed E-state index contributed by atoms with van der Waals surface area (Å²) < 4.78 is 42.3. The predicted molar refractivity (Wildman–Crippen MR) is 122 cm³/mol. The zero-order chi connectivity index (χ0) is 21.7. The van der Waals surface area contributed by atoms with Crippen LogP contribution in [0.3, 0.4) is 0 Å². The monoisotopic (exact) mass is 433 g/mol. The SMILES string of the molecule is O=S(=O)(NCC(c1ccccc1)(c1ccccc1)C1C=CC=CC1)c1ccc(F)cc1. The Morgan fingerprint density at radius 1 is 0.839 bits per heavy atom. The second-order valence-corrected chi connectivity index (χ2v) is 9.40. The second kappa shape index (κ2) is 9.00. The Labute approximate surface area is 183 Å². The third-order valence-electron chi connectivity index (χ3n) is 5.86. The summed E-state index contributed by atoms with van der Waals surface area (Å²) in [6, 6.07) is 24.9. The lowest BCUT2D eigenvalue weighted by Crippen LogP contribution is -2.46. The van der Waals surface area contributed by atoms with Crippen LogP contribution in [0.1, 0.15) is 17.5 Å². The van der Waals surface area contributed by atoms with Gasteiger partial charge in [0.05, 0.1) is 4.90 Å². The number of sulfonamides is 1. The molecule has 3 nitrogen and oxygen atoms in total. The molecule has 1 unspecified atom stereocenters. The van der Waals surface area contributed by atoms with Gasteiger partial charge in [0.15, 0.2) is 0 Å². The molecule has 0 fully saturated rings. The average Bonchev–Trinajstić information content (AvgIpc) is 2.82. The van der Waals surface area contributed by atoms with Crippen molar-refractivity contribution in [2.45, 2.75) is 16.7 Å². The van der Waals surface area contributed by atoms with E-state index in [1.54, 1.807) is 0 Å². The number of hydrogen-bond acceptors (Lipinski definition) is 2. The van der Waals surface area contributed by atoms with Crippen molar-refractivity contribution in [1.29, 1.82) is 0 Å².